The summed E-state index contributed by atoms with van der Waals surface area (Å²) in [6, 6.07) is 7.12. The van der Waals surface area contributed by atoms with E-state index in [1.165, 1.54) is 16.8 Å². The van der Waals surface area contributed by atoms with Gasteiger partial charge >= 0.3 is 0 Å². The lowest BCUT2D eigenvalue weighted by Crippen LogP contribution is -2.49. The first-order chi connectivity index (χ1) is 12.3. The van der Waals surface area contributed by atoms with Crippen LogP contribution in [0.25, 0.3) is 0 Å². The summed E-state index contributed by atoms with van der Waals surface area (Å²) in [5.74, 6) is 0.123. The Bertz CT molecular complexity index is 644. The van der Waals surface area contributed by atoms with E-state index >= 15 is 0 Å². The van der Waals surface area contributed by atoms with Crippen LogP contribution in [0.1, 0.15) is 37.9 Å². The van der Waals surface area contributed by atoms with E-state index in [0.29, 0.717) is 6.54 Å². The van der Waals surface area contributed by atoms with Crippen LogP contribution < -0.4 is 10.2 Å². The third kappa shape index (κ3) is 4.21. The molecule has 1 unspecified atom stereocenters. The van der Waals surface area contributed by atoms with Crippen LogP contribution in [-0.2, 0) is 11.2 Å². The smallest absolute Gasteiger partial charge is 0.225 e. The number of nitrogens with zero attached hydrogens (tertiary/aromatic N) is 3. The predicted octanol–water partition coefficient (Wildman–Crippen LogP) is 2.13. The van der Waals surface area contributed by atoms with E-state index in [2.05, 4.69) is 52.3 Å². The highest BCUT2D eigenvalue weighted by Crippen LogP contribution is 2.31. The molecule has 1 atom stereocenters. The van der Waals surface area contributed by atoms with E-state index in [1.807, 2.05) is 20.8 Å². The lowest BCUT2D eigenvalue weighted by atomic mass is 9.95. The van der Waals surface area contributed by atoms with Gasteiger partial charge in [0.05, 0.1) is 6.04 Å². The Morgan fingerprint density at radius 1 is 1.12 bits per heavy atom. The summed E-state index contributed by atoms with van der Waals surface area (Å²) >= 11 is 0. The molecular weight excluding hydrogens is 324 g/mol. The zero-order valence-corrected chi connectivity index (χ0v) is 17.0. The average molecular weight is 359 g/mol. The Hall–Kier alpha value is -1.59. The van der Waals surface area contributed by atoms with Gasteiger partial charge in [0.15, 0.2) is 0 Å². The van der Waals surface area contributed by atoms with Crippen molar-refractivity contribution in [1.29, 1.82) is 0 Å². The number of nitrogens with one attached hydrogen (secondary N) is 1. The number of anilines is 1. The van der Waals surface area contributed by atoms with Crippen molar-refractivity contribution in [3.8, 4) is 0 Å². The first kappa shape index (κ1) is 19.2. The molecule has 5 nitrogen and oxygen atoms in total. The summed E-state index contributed by atoms with van der Waals surface area (Å²) in [5.41, 5.74) is 3.77. The minimum absolute atomic E-state index is 0.123. The van der Waals surface area contributed by atoms with Gasteiger partial charge in [0, 0.05) is 57.4 Å². The molecule has 0 spiro atoms. The summed E-state index contributed by atoms with van der Waals surface area (Å²) in [6.45, 7) is 11.9. The monoisotopic (exact) mass is 358 g/mol. The van der Waals surface area contributed by atoms with Gasteiger partial charge in [0.25, 0.3) is 0 Å². The highest BCUT2D eigenvalue weighted by molar-refractivity contribution is 5.81. The molecule has 3 rings (SSSR count). The molecule has 1 aromatic carbocycles. The van der Waals surface area contributed by atoms with Crippen LogP contribution in [0.4, 0.5) is 5.69 Å². The van der Waals surface area contributed by atoms with Crippen LogP contribution in [0.5, 0.6) is 0 Å². The van der Waals surface area contributed by atoms with Crippen molar-refractivity contribution in [2.24, 2.45) is 5.41 Å². The Kier molecular flexibility index (Phi) is 5.58. The number of hydrogen-bond donors (Lipinski definition) is 1. The average Bonchev–Trinajstić information content (AvgIpc) is 2.96. The third-order valence-electron chi connectivity index (χ3n) is 5.73. The number of amides is 1. The van der Waals surface area contributed by atoms with Gasteiger partial charge in [-0.15, -0.1) is 0 Å². The number of likely N-dealkylation sites (N-methyl/N-ethyl adjacent to an activating group) is 2. The van der Waals surface area contributed by atoms with E-state index in [4.69, 9.17) is 0 Å². The second-order valence-electron chi connectivity index (χ2n) is 8.87. The molecule has 1 saturated heterocycles. The number of rotatable bonds is 4. The summed E-state index contributed by atoms with van der Waals surface area (Å²) in [5, 5.41) is 3.20. The molecule has 0 aromatic heterocycles. The number of piperazine rings is 1. The second kappa shape index (κ2) is 7.57. The molecule has 2 aliphatic rings. The van der Waals surface area contributed by atoms with Crippen LogP contribution in [0, 0.1) is 5.41 Å². The van der Waals surface area contributed by atoms with Gasteiger partial charge < -0.3 is 15.1 Å². The van der Waals surface area contributed by atoms with Crippen molar-refractivity contribution in [2.75, 3.05) is 58.3 Å². The fourth-order valence-electron chi connectivity index (χ4n) is 3.84. The molecule has 0 bridgehead atoms. The van der Waals surface area contributed by atoms with Crippen LogP contribution in [-0.4, -0.2) is 69.1 Å². The fourth-order valence-corrected chi connectivity index (χ4v) is 3.84. The van der Waals surface area contributed by atoms with E-state index in [0.717, 1.165) is 39.1 Å². The van der Waals surface area contributed by atoms with Crippen LogP contribution in [0.2, 0.25) is 0 Å². The molecule has 0 saturated carbocycles. The number of hydrogen-bond acceptors (Lipinski definition) is 4. The van der Waals surface area contributed by atoms with E-state index < -0.39 is 0 Å². The summed E-state index contributed by atoms with van der Waals surface area (Å²) in [6.07, 6.45) is 1.11. The minimum atomic E-state index is -0.354. The summed E-state index contributed by atoms with van der Waals surface area (Å²) in [4.78, 5) is 19.7. The largest absolute Gasteiger partial charge is 0.374 e. The minimum Gasteiger partial charge on any atom is -0.374 e. The molecule has 5 heteroatoms. The summed E-state index contributed by atoms with van der Waals surface area (Å²) < 4.78 is 0. The lowest BCUT2D eigenvalue weighted by molar-refractivity contribution is -0.128. The molecule has 26 heavy (non-hydrogen) atoms. The maximum absolute atomic E-state index is 12.4. The van der Waals surface area contributed by atoms with Crippen molar-refractivity contribution < 1.29 is 4.79 Å². The van der Waals surface area contributed by atoms with Crippen molar-refractivity contribution in [2.45, 2.75) is 33.2 Å². The first-order valence-electron chi connectivity index (χ1n) is 9.80. The molecule has 2 heterocycles. The standard InChI is InChI=1S/C21H34N4O/c1-21(2,3)20(26)22-15-19(25-12-10-23(4)11-13-25)16-6-7-18-17(14-16)8-9-24(18)5/h6-7,14,19H,8-13,15H2,1-5H3,(H,22,26). The molecule has 144 valence electrons. The molecule has 0 aliphatic carbocycles. The Labute approximate surface area is 158 Å². The number of benzene rings is 1. The molecule has 1 amide bonds. The van der Waals surface area contributed by atoms with Crippen LogP contribution in [0.15, 0.2) is 18.2 Å². The van der Waals surface area contributed by atoms with Crippen molar-refractivity contribution >= 4 is 11.6 Å². The van der Waals surface area contributed by atoms with Gasteiger partial charge in [0.1, 0.15) is 0 Å². The number of fused-ring (bicyclic) bond motifs is 1. The number of carbonyl (C=O) groups excluding carboxylic acids is 1. The maximum atomic E-state index is 12.4. The zero-order valence-electron chi connectivity index (χ0n) is 17.0. The lowest BCUT2D eigenvalue weighted by Gasteiger charge is -2.38. The van der Waals surface area contributed by atoms with Gasteiger partial charge in [-0.1, -0.05) is 32.9 Å². The van der Waals surface area contributed by atoms with Gasteiger partial charge in [-0.05, 0) is 30.7 Å². The van der Waals surface area contributed by atoms with E-state index in [9.17, 15) is 4.79 Å². The third-order valence-corrected chi connectivity index (χ3v) is 5.73. The SMILES string of the molecule is CN1CCN(C(CNC(=O)C(C)(C)C)c2ccc3c(c2)CCN3C)CC1. The van der Waals surface area contributed by atoms with Gasteiger partial charge in [-0.2, -0.15) is 0 Å². The van der Waals surface area contributed by atoms with Crippen molar-refractivity contribution in [1.82, 2.24) is 15.1 Å². The second-order valence-corrected chi connectivity index (χ2v) is 8.87. The normalized spacial score (nSPS) is 20.1. The fraction of sp³-hybridized carbons (Fsp3) is 0.667. The molecular formula is C21H34N4O. The van der Waals surface area contributed by atoms with E-state index in [1.54, 1.807) is 0 Å². The molecule has 1 N–H and O–H groups in total. The van der Waals surface area contributed by atoms with E-state index in [-0.39, 0.29) is 17.4 Å². The number of carbonyl (C=O) groups is 1. The van der Waals surface area contributed by atoms with Crippen molar-refractivity contribution in [3.63, 3.8) is 0 Å². The zero-order chi connectivity index (χ0) is 18.9. The van der Waals surface area contributed by atoms with Gasteiger partial charge in [-0.25, -0.2) is 0 Å². The molecule has 2 aliphatic heterocycles. The highest BCUT2D eigenvalue weighted by atomic mass is 16.2. The van der Waals surface area contributed by atoms with Crippen LogP contribution in [0.3, 0.4) is 0 Å². The Morgan fingerprint density at radius 3 is 2.46 bits per heavy atom. The highest BCUT2D eigenvalue weighted by Gasteiger charge is 2.28. The maximum Gasteiger partial charge on any atom is 0.225 e. The first-order valence-corrected chi connectivity index (χ1v) is 9.80. The van der Waals surface area contributed by atoms with Gasteiger partial charge in [-0.3, -0.25) is 9.69 Å². The molecule has 1 fully saturated rings. The molecule has 1 aromatic rings. The predicted molar refractivity (Wildman–Crippen MR) is 108 cm³/mol. The topological polar surface area (TPSA) is 38.8 Å². The van der Waals surface area contributed by atoms with Crippen LogP contribution >= 0.6 is 0 Å². The molecule has 0 radical (unpaired) electrons. The quantitative estimate of drug-likeness (QED) is 0.895. The Morgan fingerprint density at radius 2 is 1.81 bits per heavy atom. The Balaban J connectivity index is 1.80. The summed E-state index contributed by atoms with van der Waals surface area (Å²) in [7, 11) is 4.34. The van der Waals surface area contributed by atoms with Gasteiger partial charge in [0.2, 0.25) is 5.91 Å². The van der Waals surface area contributed by atoms with Crippen molar-refractivity contribution in [3.05, 3.63) is 29.3 Å².